The van der Waals surface area contributed by atoms with Gasteiger partial charge in [0, 0.05) is 50.3 Å². The summed E-state index contributed by atoms with van der Waals surface area (Å²) in [5.41, 5.74) is 1.17. The van der Waals surface area contributed by atoms with Crippen LogP contribution in [0.1, 0.15) is 6.42 Å². The van der Waals surface area contributed by atoms with Crippen LogP contribution in [-0.4, -0.2) is 60.6 Å². The molecule has 1 aliphatic heterocycles. The molecule has 9 nitrogen and oxygen atoms in total. The van der Waals surface area contributed by atoms with E-state index in [0.717, 1.165) is 12.1 Å². The van der Waals surface area contributed by atoms with E-state index in [1.807, 2.05) is 0 Å². The molecule has 196 valence electrons. The largest absolute Gasteiger partial charge is 0.573 e. The number of amides is 1. The summed E-state index contributed by atoms with van der Waals surface area (Å²) in [7, 11) is 3.58. The molecule has 0 saturated carbocycles. The van der Waals surface area contributed by atoms with E-state index in [4.69, 9.17) is 21.1 Å². The Morgan fingerprint density at radius 1 is 1.22 bits per heavy atom. The number of carbonyl (C=O) groups is 1. The summed E-state index contributed by atoms with van der Waals surface area (Å²) >= 11 is 6.19. The first-order valence-electron chi connectivity index (χ1n) is 11.1. The Balaban J connectivity index is 1.68. The van der Waals surface area contributed by atoms with Crippen molar-refractivity contribution >= 4 is 45.6 Å². The van der Waals surface area contributed by atoms with Gasteiger partial charge in [0.2, 0.25) is 5.91 Å². The molecule has 1 saturated heterocycles. The van der Waals surface area contributed by atoms with E-state index >= 15 is 0 Å². The molecule has 0 bridgehead atoms. The van der Waals surface area contributed by atoms with Crippen LogP contribution in [0, 0.1) is 0 Å². The molecular formula is C24H23ClF3N5O4. The lowest BCUT2D eigenvalue weighted by Crippen LogP contribution is -2.18. The van der Waals surface area contributed by atoms with Gasteiger partial charge in [-0.1, -0.05) is 11.6 Å². The molecule has 37 heavy (non-hydrogen) atoms. The number of carbonyl (C=O) groups excluding carboxylic acids is 1. The number of aromatic nitrogens is 2. The Kier molecular flexibility index (Phi) is 7.89. The van der Waals surface area contributed by atoms with E-state index < -0.39 is 12.1 Å². The first kappa shape index (κ1) is 26.3. The zero-order chi connectivity index (χ0) is 26.6. The van der Waals surface area contributed by atoms with Crippen molar-refractivity contribution in [2.75, 3.05) is 37.9 Å². The molecular weight excluding hydrogens is 515 g/mol. The number of rotatable bonds is 8. The first-order valence-corrected chi connectivity index (χ1v) is 11.5. The van der Waals surface area contributed by atoms with Gasteiger partial charge in [-0.05, 0) is 18.2 Å². The summed E-state index contributed by atoms with van der Waals surface area (Å²) in [6, 6.07) is 6.83. The summed E-state index contributed by atoms with van der Waals surface area (Å²) in [6.45, 7) is 1.00. The number of nitrogens with zero attached hydrogens (tertiary/aromatic N) is 3. The number of hydrogen-bond donors (Lipinski definition) is 2. The van der Waals surface area contributed by atoms with Gasteiger partial charge in [-0.25, -0.2) is 9.97 Å². The van der Waals surface area contributed by atoms with Crippen molar-refractivity contribution in [1.29, 1.82) is 0 Å². The smallest absolute Gasteiger partial charge is 0.486 e. The fourth-order valence-electron chi connectivity index (χ4n) is 3.48. The number of anilines is 3. The summed E-state index contributed by atoms with van der Waals surface area (Å²) in [5.74, 6) is -0.114. The maximum absolute atomic E-state index is 12.5. The number of alkyl halides is 3. The molecule has 13 heteroatoms. The average molecular weight is 538 g/mol. The summed E-state index contributed by atoms with van der Waals surface area (Å²) in [6.07, 6.45) is -0.0198. The molecule has 4 rings (SSSR count). The van der Waals surface area contributed by atoms with Crippen molar-refractivity contribution < 1.29 is 32.2 Å². The van der Waals surface area contributed by atoms with E-state index in [0.29, 0.717) is 53.5 Å². The van der Waals surface area contributed by atoms with Crippen molar-refractivity contribution in [3.05, 3.63) is 54.0 Å². The summed E-state index contributed by atoms with van der Waals surface area (Å²) in [4.78, 5) is 22.8. The second-order valence-electron chi connectivity index (χ2n) is 8.27. The van der Waals surface area contributed by atoms with Gasteiger partial charge in [0.05, 0.1) is 35.1 Å². The molecule has 1 fully saturated rings. The normalized spacial score (nSPS) is 15.7. The van der Waals surface area contributed by atoms with Crippen molar-refractivity contribution in [1.82, 2.24) is 14.9 Å². The third-order valence-corrected chi connectivity index (χ3v) is 5.44. The predicted molar refractivity (Wildman–Crippen MR) is 132 cm³/mol. The number of fused-ring (bicyclic) bond motifs is 1. The highest BCUT2D eigenvalue weighted by Crippen LogP contribution is 2.36. The molecule has 2 heterocycles. The molecule has 1 aromatic heterocycles. The standard InChI is InChI=1S/C24H23ClF3N5O4/c1-33(2)7-5-22(34)31-20-10-16-19(11-21(20)36-15-6-8-35-12-15)29-13-30-23(16)32-18-4-3-14(9-17(18)25)37-24(26,27)28/h3-5,7,9-11,13,15H,6,8,12H2,1-2H3,(H,31,34)(H,29,30,32)/b7-5+/t15-/m0/s1. The van der Waals surface area contributed by atoms with Gasteiger partial charge in [-0.3, -0.25) is 4.79 Å². The van der Waals surface area contributed by atoms with Gasteiger partial charge in [-0.15, -0.1) is 13.2 Å². The van der Waals surface area contributed by atoms with Crippen LogP contribution >= 0.6 is 11.6 Å². The fraction of sp³-hybridized carbons (Fsp3) is 0.292. The maximum Gasteiger partial charge on any atom is 0.573 e. The van der Waals surface area contributed by atoms with Gasteiger partial charge in [0.25, 0.3) is 0 Å². The SMILES string of the molecule is CN(C)/C=C/C(=O)Nc1cc2c(Nc3ccc(OC(F)(F)F)cc3Cl)ncnc2cc1O[C@H]1CCOC1. The van der Waals surface area contributed by atoms with Gasteiger partial charge < -0.3 is 29.7 Å². The zero-order valence-corrected chi connectivity index (χ0v) is 20.6. The minimum absolute atomic E-state index is 0.0166. The summed E-state index contributed by atoms with van der Waals surface area (Å²) < 4.78 is 52.9. The van der Waals surface area contributed by atoms with E-state index in [-0.39, 0.29) is 17.0 Å². The Morgan fingerprint density at radius 3 is 2.70 bits per heavy atom. The topological polar surface area (TPSA) is 97.8 Å². The quantitative estimate of drug-likeness (QED) is 0.383. The predicted octanol–water partition coefficient (Wildman–Crippen LogP) is 5.11. The average Bonchev–Trinajstić information content (AvgIpc) is 3.32. The molecule has 2 aromatic carbocycles. The lowest BCUT2D eigenvalue weighted by Gasteiger charge is -2.18. The van der Waals surface area contributed by atoms with Crippen molar-refractivity contribution in [3.63, 3.8) is 0 Å². The van der Waals surface area contributed by atoms with Crippen LogP contribution in [0.25, 0.3) is 10.9 Å². The number of ether oxygens (including phenoxy) is 3. The molecule has 2 N–H and O–H groups in total. The van der Waals surface area contributed by atoms with Gasteiger partial charge in [-0.2, -0.15) is 0 Å². The highest BCUT2D eigenvalue weighted by atomic mass is 35.5. The monoisotopic (exact) mass is 537 g/mol. The van der Waals surface area contributed by atoms with Crippen LogP contribution in [0.3, 0.4) is 0 Å². The van der Waals surface area contributed by atoms with Gasteiger partial charge in [0.15, 0.2) is 0 Å². The number of hydrogen-bond acceptors (Lipinski definition) is 8. The Bertz CT molecular complexity index is 1310. The molecule has 1 aliphatic rings. The summed E-state index contributed by atoms with van der Waals surface area (Å²) in [5, 5.41) is 6.31. The third kappa shape index (κ3) is 7.14. The maximum atomic E-state index is 12.5. The van der Waals surface area contributed by atoms with E-state index in [9.17, 15) is 18.0 Å². The lowest BCUT2D eigenvalue weighted by molar-refractivity contribution is -0.274. The Hall–Kier alpha value is -3.77. The van der Waals surface area contributed by atoms with Crippen molar-refractivity contribution in [2.24, 2.45) is 0 Å². The van der Waals surface area contributed by atoms with Crippen LogP contribution < -0.4 is 20.1 Å². The highest BCUT2D eigenvalue weighted by molar-refractivity contribution is 6.33. The van der Waals surface area contributed by atoms with Crippen LogP contribution in [0.5, 0.6) is 11.5 Å². The van der Waals surface area contributed by atoms with Crippen LogP contribution in [-0.2, 0) is 9.53 Å². The fourth-order valence-corrected chi connectivity index (χ4v) is 3.69. The first-order chi connectivity index (χ1) is 17.6. The second-order valence-corrected chi connectivity index (χ2v) is 8.68. The third-order valence-electron chi connectivity index (χ3n) is 5.13. The minimum atomic E-state index is -4.84. The van der Waals surface area contributed by atoms with Gasteiger partial charge >= 0.3 is 6.36 Å². The number of nitrogens with one attached hydrogen (secondary N) is 2. The van der Waals surface area contributed by atoms with Crippen LogP contribution in [0.15, 0.2) is 48.9 Å². The van der Waals surface area contributed by atoms with E-state index in [1.165, 1.54) is 18.5 Å². The van der Waals surface area contributed by atoms with Gasteiger partial charge in [0.1, 0.15) is 29.7 Å². The van der Waals surface area contributed by atoms with E-state index in [1.54, 1.807) is 37.3 Å². The zero-order valence-electron chi connectivity index (χ0n) is 19.8. The molecule has 0 radical (unpaired) electrons. The Morgan fingerprint density at radius 2 is 2.03 bits per heavy atom. The van der Waals surface area contributed by atoms with Crippen molar-refractivity contribution in [3.8, 4) is 11.5 Å². The van der Waals surface area contributed by atoms with Crippen molar-refractivity contribution in [2.45, 2.75) is 18.9 Å². The second kappa shape index (κ2) is 11.1. The number of halogens is 4. The van der Waals surface area contributed by atoms with Crippen LogP contribution in [0.2, 0.25) is 5.02 Å². The van der Waals surface area contributed by atoms with E-state index in [2.05, 4.69) is 25.3 Å². The molecule has 1 atom stereocenters. The molecule has 3 aromatic rings. The molecule has 0 unspecified atom stereocenters. The lowest BCUT2D eigenvalue weighted by atomic mass is 10.1. The molecule has 1 amide bonds. The minimum Gasteiger partial charge on any atom is -0.486 e. The molecule has 0 spiro atoms. The van der Waals surface area contributed by atoms with Crippen LogP contribution in [0.4, 0.5) is 30.4 Å². The Labute approximate surface area is 215 Å². The molecule has 0 aliphatic carbocycles. The number of benzene rings is 2. The highest BCUT2D eigenvalue weighted by Gasteiger charge is 2.31.